The van der Waals surface area contributed by atoms with Crippen LogP contribution in [0.5, 0.6) is 11.5 Å². The molecule has 0 atom stereocenters. The Hall–Kier alpha value is -7.88. The summed E-state index contributed by atoms with van der Waals surface area (Å²) in [6.07, 6.45) is 8.64. The fraction of sp³-hybridized carbons (Fsp3) is 0.0820. The van der Waals surface area contributed by atoms with Crippen LogP contribution in [0, 0.1) is 0 Å². The fourth-order valence-corrected chi connectivity index (χ4v) is 10.3. The second kappa shape index (κ2) is 15.2. The number of benzene rings is 9. The van der Waals surface area contributed by atoms with E-state index < -0.39 is 0 Å². The minimum Gasteiger partial charge on any atom is -0.456 e. The lowest BCUT2D eigenvalue weighted by molar-refractivity contribution is 0.487. The van der Waals surface area contributed by atoms with Gasteiger partial charge in [-0.15, -0.1) is 0 Å². The molecule has 0 aromatic heterocycles. The zero-order valence-corrected chi connectivity index (χ0v) is 36.0. The maximum absolute atomic E-state index is 7.11. The van der Waals surface area contributed by atoms with Crippen LogP contribution in [0.25, 0.3) is 55.3 Å². The van der Waals surface area contributed by atoms with Crippen LogP contribution in [0.4, 0.5) is 28.4 Å². The summed E-state index contributed by atoms with van der Waals surface area (Å²) in [6, 6.07) is 72.9. The van der Waals surface area contributed by atoms with Crippen LogP contribution in [0.15, 0.2) is 224 Å². The molecule has 64 heavy (non-hydrogen) atoms. The number of hydrogen-bond acceptors (Lipinski definition) is 3. The molecule has 0 spiro atoms. The van der Waals surface area contributed by atoms with Crippen LogP contribution in [-0.4, -0.2) is 0 Å². The zero-order chi connectivity index (χ0) is 42.8. The summed E-state index contributed by atoms with van der Waals surface area (Å²) in [4.78, 5) is 4.77. The number of hydrogen-bond donors (Lipinski definition) is 0. The Bertz CT molecular complexity index is 3310. The number of fused-ring (bicyclic) bond motifs is 5. The van der Waals surface area contributed by atoms with Crippen molar-refractivity contribution in [1.82, 2.24) is 0 Å². The molecule has 0 saturated heterocycles. The topological polar surface area (TPSA) is 15.7 Å². The first-order valence-corrected chi connectivity index (χ1v) is 22.4. The summed E-state index contributed by atoms with van der Waals surface area (Å²) >= 11 is 0. The third kappa shape index (κ3) is 6.35. The molecular weight excluding hydrogens is 777 g/mol. The van der Waals surface area contributed by atoms with E-state index in [0.717, 1.165) is 69.1 Å². The summed E-state index contributed by atoms with van der Waals surface area (Å²) in [7, 11) is 0. The van der Waals surface area contributed by atoms with Gasteiger partial charge in [0.2, 0.25) is 0 Å². The highest BCUT2D eigenvalue weighted by Gasteiger charge is 2.36. The lowest BCUT2D eigenvalue weighted by Gasteiger charge is -2.31. The number of para-hydroxylation sites is 1. The fourth-order valence-electron chi connectivity index (χ4n) is 10.3. The Morgan fingerprint density at radius 1 is 0.422 bits per heavy atom. The first-order valence-electron chi connectivity index (χ1n) is 22.4. The predicted molar refractivity (Wildman–Crippen MR) is 268 cm³/mol. The summed E-state index contributed by atoms with van der Waals surface area (Å²) in [5.41, 5.74) is 19.0. The molecular formula is C61H46N2O. The second-order valence-electron chi connectivity index (χ2n) is 17.7. The van der Waals surface area contributed by atoms with Crippen molar-refractivity contribution in [3.63, 3.8) is 0 Å². The van der Waals surface area contributed by atoms with E-state index in [-0.39, 0.29) is 5.41 Å². The van der Waals surface area contributed by atoms with Crippen LogP contribution in [0.2, 0.25) is 0 Å². The molecule has 3 heteroatoms. The number of nitrogens with zero attached hydrogens (tertiary/aromatic N) is 2. The van der Waals surface area contributed by atoms with Crippen LogP contribution in [0.3, 0.4) is 0 Å². The van der Waals surface area contributed by atoms with E-state index in [1.807, 2.05) is 0 Å². The summed E-state index contributed by atoms with van der Waals surface area (Å²) < 4.78 is 7.11. The average molecular weight is 823 g/mol. The normalized spacial score (nSPS) is 13.9. The van der Waals surface area contributed by atoms with Crippen molar-refractivity contribution in [3.8, 4) is 56.0 Å². The minimum atomic E-state index is -0.143. The Kier molecular flexibility index (Phi) is 8.98. The summed E-state index contributed by atoms with van der Waals surface area (Å²) in [5.74, 6) is 1.71. The maximum Gasteiger partial charge on any atom is 0.138 e. The van der Waals surface area contributed by atoms with E-state index in [4.69, 9.17) is 4.74 Å². The van der Waals surface area contributed by atoms with Gasteiger partial charge in [-0.05, 0) is 129 Å². The zero-order valence-electron chi connectivity index (χ0n) is 36.0. The van der Waals surface area contributed by atoms with E-state index in [0.29, 0.717) is 0 Å². The van der Waals surface area contributed by atoms with Crippen LogP contribution >= 0.6 is 0 Å². The van der Waals surface area contributed by atoms with E-state index in [9.17, 15) is 0 Å². The van der Waals surface area contributed by atoms with Gasteiger partial charge in [0.05, 0.1) is 5.69 Å². The minimum absolute atomic E-state index is 0.143. The molecule has 0 saturated carbocycles. The Balaban J connectivity index is 0.974. The maximum atomic E-state index is 7.11. The van der Waals surface area contributed by atoms with Crippen molar-refractivity contribution < 1.29 is 4.74 Å². The van der Waals surface area contributed by atoms with E-state index in [1.165, 1.54) is 55.8 Å². The molecule has 2 aliphatic carbocycles. The Morgan fingerprint density at radius 3 is 1.73 bits per heavy atom. The standard InChI is InChI=1S/C61H46N2O/c1-61(2)56-24-13-12-22-52(56)53-35-33-49(38-57(53)61)63(48-31-29-44(30-32-48)43-27-25-42(26-28-43)41-15-6-3-7-16-41)51-37-45-17-14-23-55-54-36-34-50(39-58(54)64-59(40-51)60(45)55)62(46-18-8-4-9-19-46)47-20-10-5-11-21-47/h3-10,12-20,22-40H,11,21H2,1-2H3. The van der Waals surface area contributed by atoms with Gasteiger partial charge in [0.1, 0.15) is 11.5 Å². The van der Waals surface area contributed by atoms with E-state index >= 15 is 0 Å². The van der Waals surface area contributed by atoms with Gasteiger partial charge >= 0.3 is 0 Å². The molecule has 0 fully saturated rings. The van der Waals surface area contributed by atoms with Crippen molar-refractivity contribution in [2.24, 2.45) is 0 Å². The Labute approximate surface area is 375 Å². The highest BCUT2D eigenvalue weighted by Crippen LogP contribution is 2.53. The van der Waals surface area contributed by atoms with Crippen molar-refractivity contribution in [2.75, 3.05) is 9.80 Å². The molecule has 9 aromatic rings. The van der Waals surface area contributed by atoms with E-state index in [2.05, 4.69) is 242 Å². The SMILES string of the molecule is CC1(C)c2ccccc2-c2ccc(N(c3ccc(-c4ccc(-c5ccccc5)cc4)cc3)c3cc4c5c(cccc5c3)-c3ccc(N(C5=CC=CCC5)c5ccccc5)cc3O4)cc21. The van der Waals surface area contributed by atoms with Gasteiger partial charge < -0.3 is 14.5 Å². The lowest BCUT2D eigenvalue weighted by Crippen LogP contribution is -2.17. The van der Waals surface area contributed by atoms with Crippen molar-refractivity contribution >= 4 is 39.2 Å². The van der Waals surface area contributed by atoms with Gasteiger partial charge in [0.15, 0.2) is 0 Å². The lowest BCUT2D eigenvalue weighted by atomic mass is 9.82. The molecule has 1 heterocycles. The third-order valence-electron chi connectivity index (χ3n) is 13.5. The van der Waals surface area contributed by atoms with Crippen molar-refractivity contribution in [2.45, 2.75) is 32.1 Å². The summed E-state index contributed by atoms with van der Waals surface area (Å²) in [5, 5.41) is 2.27. The average Bonchev–Trinajstić information content (AvgIpc) is 3.58. The largest absolute Gasteiger partial charge is 0.456 e. The predicted octanol–water partition coefficient (Wildman–Crippen LogP) is 17.1. The van der Waals surface area contributed by atoms with Crippen LogP contribution in [-0.2, 0) is 5.41 Å². The molecule has 9 aromatic carbocycles. The highest BCUT2D eigenvalue weighted by molar-refractivity contribution is 6.06. The van der Waals surface area contributed by atoms with Crippen LogP contribution in [0.1, 0.15) is 37.8 Å². The number of anilines is 5. The molecule has 0 unspecified atom stereocenters. The molecule has 0 radical (unpaired) electrons. The molecule has 0 bridgehead atoms. The highest BCUT2D eigenvalue weighted by atomic mass is 16.5. The van der Waals surface area contributed by atoms with Gasteiger partial charge in [-0.3, -0.25) is 0 Å². The number of rotatable bonds is 8. The van der Waals surface area contributed by atoms with Crippen molar-refractivity contribution in [1.29, 1.82) is 0 Å². The third-order valence-corrected chi connectivity index (χ3v) is 13.5. The van der Waals surface area contributed by atoms with E-state index in [1.54, 1.807) is 0 Å². The first-order chi connectivity index (χ1) is 31.5. The second-order valence-corrected chi connectivity index (χ2v) is 17.7. The monoisotopic (exact) mass is 822 g/mol. The van der Waals surface area contributed by atoms with Gasteiger partial charge in [-0.25, -0.2) is 0 Å². The number of allylic oxidation sites excluding steroid dienone is 4. The molecule has 0 N–H and O–H groups in total. The van der Waals surface area contributed by atoms with Crippen LogP contribution < -0.4 is 14.5 Å². The smallest absolute Gasteiger partial charge is 0.138 e. The molecule has 0 amide bonds. The number of ether oxygens (including phenoxy) is 1. The molecule has 306 valence electrons. The molecule has 3 nitrogen and oxygen atoms in total. The molecule has 1 aliphatic heterocycles. The first kappa shape index (κ1) is 37.8. The van der Waals surface area contributed by atoms with Gasteiger partial charge in [0.25, 0.3) is 0 Å². The van der Waals surface area contributed by atoms with Gasteiger partial charge in [-0.1, -0.05) is 159 Å². The summed E-state index contributed by atoms with van der Waals surface area (Å²) in [6.45, 7) is 4.70. The quantitative estimate of drug-likeness (QED) is 0.152. The van der Waals surface area contributed by atoms with Gasteiger partial charge in [-0.2, -0.15) is 0 Å². The molecule has 3 aliphatic rings. The van der Waals surface area contributed by atoms with Gasteiger partial charge in [0, 0.05) is 56.9 Å². The van der Waals surface area contributed by atoms with Crippen molar-refractivity contribution in [3.05, 3.63) is 235 Å². The Morgan fingerprint density at radius 2 is 1.00 bits per heavy atom. The molecule has 12 rings (SSSR count).